The molecule has 1 aliphatic rings. The Morgan fingerprint density at radius 3 is 2.74 bits per heavy atom. The lowest BCUT2D eigenvalue weighted by Crippen LogP contribution is -2.41. The molecule has 10 heteroatoms. The van der Waals surface area contributed by atoms with Crippen LogP contribution in [0, 0.1) is 0 Å². The maximum atomic E-state index is 12.3. The second-order valence-corrected chi connectivity index (χ2v) is 7.70. The van der Waals surface area contributed by atoms with Crippen LogP contribution in [0.25, 0.3) is 0 Å². The lowest BCUT2D eigenvalue weighted by atomic mass is 10.2. The number of nitrogens with one attached hydrogen (secondary N) is 1. The second-order valence-electron chi connectivity index (χ2n) is 5.90. The first-order chi connectivity index (χ1) is 13.1. The molecular weight excluding hydrogens is 434 g/mol. The van der Waals surface area contributed by atoms with E-state index in [1.807, 2.05) is 25.2 Å². The Bertz CT molecular complexity index is 823. The van der Waals surface area contributed by atoms with Crippen LogP contribution < -0.4 is 5.32 Å². The Morgan fingerprint density at radius 1 is 1.26 bits per heavy atom. The molecule has 27 heavy (non-hydrogen) atoms. The maximum absolute atomic E-state index is 12.3. The van der Waals surface area contributed by atoms with E-state index < -0.39 is 0 Å². The fourth-order valence-electron chi connectivity index (χ4n) is 2.55. The summed E-state index contributed by atoms with van der Waals surface area (Å²) in [5.74, 6) is 0.795. The van der Waals surface area contributed by atoms with Gasteiger partial charge in [-0.15, -0.1) is 10.2 Å². The number of thioether (sulfide) groups is 1. The molecule has 1 N–H and O–H groups in total. The number of nitrogens with zero attached hydrogens (tertiary/aromatic N) is 4. The maximum Gasteiger partial charge on any atom is 0.252 e. The summed E-state index contributed by atoms with van der Waals surface area (Å²) in [6.07, 6.45) is 0. The number of carbonyl (C=O) groups is 2. The van der Waals surface area contributed by atoms with Gasteiger partial charge in [0.1, 0.15) is 0 Å². The van der Waals surface area contributed by atoms with Crippen molar-refractivity contribution in [2.75, 3.05) is 32.1 Å². The highest BCUT2D eigenvalue weighted by Gasteiger charge is 2.19. The standard InChI is InChI=1S/C17H20BrN5O3S/c1-22-14(10-19-16(25)12-4-2-3-5-13(12)18)20-21-17(22)27-11-15(24)23-6-8-26-9-7-23/h2-5H,6-11H2,1H3,(H,19,25). The molecule has 3 rings (SSSR count). The van der Waals surface area contributed by atoms with Crippen molar-refractivity contribution in [3.63, 3.8) is 0 Å². The van der Waals surface area contributed by atoms with Gasteiger partial charge in [-0.25, -0.2) is 0 Å². The van der Waals surface area contributed by atoms with Gasteiger partial charge in [0.2, 0.25) is 5.91 Å². The molecule has 144 valence electrons. The first-order valence-corrected chi connectivity index (χ1v) is 10.2. The quantitative estimate of drug-likeness (QED) is 0.665. The van der Waals surface area contributed by atoms with E-state index in [4.69, 9.17) is 4.74 Å². The summed E-state index contributed by atoms with van der Waals surface area (Å²) in [6.45, 7) is 2.68. The summed E-state index contributed by atoms with van der Waals surface area (Å²) >= 11 is 4.71. The number of ether oxygens (including phenoxy) is 1. The summed E-state index contributed by atoms with van der Waals surface area (Å²) in [5.41, 5.74) is 0.561. The van der Waals surface area contributed by atoms with Crippen LogP contribution in [0.5, 0.6) is 0 Å². The number of hydrogen-bond acceptors (Lipinski definition) is 6. The van der Waals surface area contributed by atoms with Gasteiger partial charge < -0.3 is 19.5 Å². The van der Waals surface area contributed by atoms with Gasteiger partial charge in [0.05, 0.1) is 31.1 Å². The molecule has 0 bridgehead atoms. The summed E-state index contributed by atoms with van der Waals surface area (Å²) in [4.78, 5) is 26.3. The number of hydrogen-bond donors (Lipinski definition) is 1. The summed E-state index contributed by atoms with van der Waals surface area (Å²) in [5, 5.41) is 11.7. The molecule has 8 nitrogen and oxygen atoms in total. The van der Waals surface area contributed by atoms with Crippen molar-refractivity contribution in [2.24, 2.45) is 7.05 Å². The predicted octanol–water partition coefficient (Wildman–Crippen LogP) is 1.46. The van der Waals surface area contributed by atoms with E-state index in [9.17, 15) is 9.59 Å². The van der Waals surface area contributed by atoms with Crippen molar-refractivity contribution in [1.82, 2.24) is 25.0 Å². The van der Waals surface area contributed by atoms with E-state index in [2.05, 4.69) is 31.4 Å². The van der Waals surface area contributed by atoms with E-state index in [-0.39, 0.29) is 18.4 Å². The summed E-state index contributed by atoms with van der Waals surface area (Å²) in [6, 6.07) is 7.22. The average Bonchev–Trinajstić information content (AvgIpc) is 3.05. The van der Waals surface area contributed by atoms with Crippen LogP contribution in [0.1, 0.15) is 16.2 Å². The summed E-state index contributed by atoms with van der Waals surface area (Å²) in [7, 11) is 1.82. The van der Waals surface area contributed by atoms with E-state index >= 15 is 0 Å². The highest BCUT2D eigenvalue weighted by atomic mass is 79.9. The van der Waals surface area contributed by atoms with Crippen molar-refractivity contribution in [2.45, 2.75) is 11.7 Å². The number of aromatic nitrogens is 3. The number of carbonyl (C=O) groups excluding carboxylic acids is 2. The van der Waals surface area contributed by atoms with E-state index in [0.717, 1.165) is 4.47 Å². The Balaban J connectivity index is 1.53. The summed E-state index contributed by atoms with van der Waals surface area (Å²) < 4.78 is 7.78. The van der Waals surface area contributed by atoms with Crippen LogP contribution in [-0.2, 0) is 23.1 Å². The molecule has 2 amide bonds. The molecule has 0 unspecified atom stereocenters. The second kappa shape index (κ2) is 9.34. The van der Waals surface area contributed by atoms with Gasteiger partial charge in [0.25, 0.3) is 5.91 Å². The minimum Gasteiger partial charge on any atom is -0.378 e. The zero-order valence-electron chi connectivity index (χ0n) is 14.9. The minimum absolute atomic E-state index is 0.0649. The Kier molecular flexibility index (Phi) is 6.86. The number of halogens is 1. The molecule has 2 aromatic rings. The third-order valence-electron chi connectivity index (χ3n) is 4.14. The molecule has 0 aliphatic carbocycles. The van der Waals surface area contributed by atoms with Crippen molar-refractivity contribution in [3.8, 4) is 0 Å². The van der Waals surface area contributed by atoms with Crippen LogP contribution in [0.4, 0.5) is 0 Å². The van der Waals surface area contributed by atoms with Gasteiger partial charge in [-0.1, -0.05) is 23.9 Å². The number of benzene rings is 1. The first-order valence-electron chi connectivity index (χ1n) is 8.45. The van der Waals surface area contributed by atoms with E-state index in [1.54, 1.807) is 15.5 Å². The van der Waals surface area contributed by atoms with Gasteiger partial charge in [-0.05, 0) is 28.1 Å². The van der Waals surface area contributed by atoms with Crippen molar-refractivity contribution in [1.29, 1.82) is 0 Å². The topological polar surface area (TPSA) is 89.3 Å². The van der Waals surface area contributed by atoms with Crippen LogP contribution in [0.3, 0.4) is 0 Å². The van der Waals surface area contributed by atoms with Crippen LogP contribution in [-0.4, -0.2) is 63.5 Å². The zero-order valence-corrected chi connectivity index (χ0v) is 17.3. The SMILES string of the molecule is Cn1c(CNC(=O)c2ccccc2Br)nnc1SCC(=O)N1CCOCC1. The highest BCUT2D eigenvalue weighted by molar-refractivity contribution is 9.10. The molecule has 1 saturated heterocycles. The lowest BCUT2D eigenvalue weighted by molar-refractivity contribution is -0.132. The molecule has 1 aromatic heterocycles. The van der Waals surface area contributed by atoms with Crippen molar-refractivity contribution < 1.29 is 14.3 Å². The molecule has 1 fully saturated rings. The smallest absolute Gasteiger partial charge is 0.252 e. The number of rotatable bonds is 6. The Morgan fingerprint density at radius 2 is 2.00 bits per heavy atom. The van der Waals surface area contributed by atoms with Gasteiger partial charge >= 0.3 is 0 Å². The first kappa shape index (κ1) is 19.8. The molecule has 0 atom stereocenters. The molecular formula is C17H20BrN5O3S. The average molecular weight is 454 g/mol. The number of morpholine rings is 1. The molecule has 0 saturated carbocycles. The Labute approximate surface area is 169 Å². The highest BCUT2D eigenvalue weighted by Crippen LogP contribution is 2.18. The van der Waals surface area contributed by atoms with Crippen LogP contribution >= 0.6 is 27.7 Å². The largest absolute Gasteiger partial charge is 0.378 e. The van der Waals surface area contributed by atoms with Gasteiger partial charge in [0, 0.05) is 24.6 Å². The van der Waals surface area contributed by atoms with Gasteiger partial charge in [-0.3, -0.25) is 9.59 Å². The van der Waals surface area contributed by atoms with Gasteiger partial charge in [-0.2, -0.15) is 0 Å². The van der Waals surface area contributed by atoms with Crippen LogP contribution in [0.2, 0.25) is 0 Å². The van der Waals surface area contributed by atoms with Gasteiger partial charge in [0.15, 0.2) is 11.0 Å². The molecule has 2 heterocycles. The molecule has 0 radical (unpaired) electrons. The fraction of sp³-hybridized carbons (Fsp3) is 0.412. The van der Waals surface area contributed by atoms with E-state index in [1.165, 1.54) is 11.8 Å². The van der Waals surface area contributed by atoms with Crippen molar-refractivity contribution in [3.05, 3.63) is 40.1 Å². The Hall–Kier alpha value is -1.91. The van der Waals surface area contributed by atoms with Crippen molar-refractivity contribution >= 4 is 39.5 Å². The third-order valence-corrected chi connectivity index (χ3v) is 5.84. The molecule has 0 spiro atoms. The minimum atomic E-state index is -0.192. The predicted molar refractivity (Wildman–Crippen MR) is 104 cm³/mol. The zero-order chi connectivity index (χ0) is 19.2. The number of amides is 2. The molecule has 1 aliphatic heterocycles. The third kappa shape index (κ3) is 5.08. The van der Waals surface area contributed by atoms with Crippen LogP contribution in [0.15, 0.2) is 33.9 Å². The molecule has 1 aromatic carbocycles. The van der Waals surface area contributed by atoms with E-state index in [0.29, 0.717) is 48.6 Å². The monoisotopic (exact) mass is 453 g/mol. The lowest BCUT2D eigenvalue weighted by Gasteiger charge is -2.26. The normalized spacial score (nSPS) is 14.2. The fourth-order valence-corrected chi connectivity index (χ4v) is 3.85.